The molecule has 1 aliphatic carbocycles. The summed E-state index contributed by atoms with van der Waals surface area (Å²) in [5, 5.41) is 2.70. The number of rotatable bonds is 3. The van der Waals surface area contributed by atoms with Crippen LogP contribution in [0.25, 0.3) is 0 Å². The highest BCUT2D eigenvalue weighted by Gasteiger charge is 2.33. The Bertz CT molecular complexity index is 779. The normalized spacial score (nSPS) is 18.5. The fourth-order valence-electron chi connectivity index (χ4n) is 2.85. The Morgan fingerprint density at radius 2 is 2.00 bits per heavy atom. The molecule has 1 fully saturated rings. The van der Waals surface area contributed by atoms with E-state index in [9.17, 15) is 18.4 Å². The van der Waals surface area contributed by atoms with Crippen LogP contribution < -0.4 is 5.32 Å². The SMILES string of the molecule is COC(=O)C1=C(CF)NC2=C(C1)C(=O)OC2.Fc1ccc(C2CC2)cc1. The Balaban J connectivity index is 0.000000167. The van der Waals surface area contributed by atoms with Crippen molar-refractivity contribution in [3.05, 3.63) is 58.2 Å². The van der Waals surface area contributed by atoms with Gasteiger partial charge in [-0.25, -0.2) is 18.4 Å². The van der Waals surface area contributed by atoms with Gasteiger partial charge in [0, 0.05) is 6.42 Å². The number of ether oxygens (including phenoxy) is 2. The predicted octanol–water partition coefficient (Wildman–Crippen LogP) is 2.89. The van der Waals surface area contributed by atoms with Gasteiger partial charge in [0.1, 0.15) is 19.1 Å². The van der Waals surface area contributed by atoms with E-state index in [4.69, 9.17) is 4.74 Å². The van der Waals surface area contributed by atoms with Crippen LogP contribution in [0.15, 0.2) is 46.8 Å². The molecule has 1 saturated carbocycles. The molecule has 0 amide bonds. The summed E-state index contributed by atoms with van der Waals surface area (Å²) < 4.78 is 34.4. The Labute approximate surface area is 149 Å². The standard InChI is InChI=1S/C10H10FNO4.C9H9F/c1-15-9(13)5-2-6-8(4-16-10(6)14)12-7(5)3-11;10-9-5-3-8(4-6-9)7-1-2-7/h12H,2-4H2,1H3;3-7H,1-2H2. The summed E-state index contributed by atoms with van der Waals surface area (Å²) >= 11 is 0. The van der Waals surface area contributed by atoms with E-state index in [0.29, 0.717) is 11.3 Å². The smallest absolute Gasteiger partial charge is 0.336 e. The second-order valence-electron chi connectivity index (χ2n) is 6.24. The third-order valence-electron chi connectivity index (χ3n) is 4.46. The number of alkyl halides is 1. The maximum Gasteiger partial charge on any atom is 0.336 e. The number of dihydropyridines is 1. The zero-order valence-corrected chi connectivity index (χ0v) is 14.3. The zero-order valence-electron chi connectivity index (χ0n) is 14.3. The number of methoxy groups -OCH3 is 1. The zero-order chi connectivity index (χ0) is 18.7. The van der Waals surface area contributed by atoms with Gasteiger partial charge in [0.2, 0.25) is 0 Å². The topological polar surface area (TPSA) is 64.6 Å². The van der Waals surface area contributed by atoms with Crippen LogP contribution in [0.1, 0.15) is 30.7 Å². The minimum atomic E-state index is -0.810. The molecule has 0 atom stereocenters. The largest absolute Gasteiger partial charge is 0.466 e. The van der Waals surface area contributed by atoms with E-state index in [-0.39, 0.29) is 30.1 Å². The van der Waals surface area contributed by atoms with Gasteiger partial charge in [0.15, 0.2) is 0 Å². The first-order chi connectivity index (χ1) is 12.5. The van der Waals surface area contributed by atoms with E-state index >= 15 is 0 Å². The number of allylic oxidation sites excluding steroid dienone is 1. The maximum atomic E-state index is 12.7. The first-order valence-electron chi connectivity index (χ1n) is 8.31. The molecule has 138 valence electrons. The summed E-state index contributed by atoms with van der Waals surface area (Å²) in [6.07, 6.45) is 2.63. The molecule has 1 aromatic rings. The molecule has 0 bridgehead atoms. The van der Waals surface area contributed by atoms with Crippen molar-refractivity contribution < 1.29 is 27.8 Å². The Morgan fingerprint density at radius 1 is 1.31 bits per heavy atom. The number of hydrogen-bond acceptors (Lipinski definition) is 5. The maximum absolute atomic E-state index is 12.7. The third-order valence-corrected chi connectivity index (χ3v) is 4.46. The Hall–Kier alpha value is -2.70. The van der Waals surface area contributed by atoms with Gasteiger partial charge in [-0.3, -0.25) is 0 Å². The number of nitrogens with one attached hydrogen (secondary N) is 1. The molecule has 0 radical (unpaired) electrons. The van der Waals surface area contributed by atoms with Gasteiger partial charge in [-0.15, -0.1) is 0 Å². The lowest BCUT2D eigenvalue weighted by Crippen LogP contribution is -2.26. The van der Waals surface area contributed by atoms with E-state index in [2.05, 4.69) is 10.1 Å². The van der Waals surface area contributed by atoms with Crippen molar-refractivity contribution in [2.24, 2.45) is 0 Å². The van der Waals surface area contributed by atoms with Crippen molar-refractivity contribution in [1.29, 1.82) is 0 Å². The van der Waals surface area contributed by atoms with Crippen molar-refractivity contribution in [1.82, 2.24) is 5.32 Å². The Kier molecular flexibility index (Phi) is 5.35. The van der Waals surface area contributed by atoms with Crippen LogP contribution >= 0.6 is 0 Å². The summed E-state index contributed by atoms with van der Waals surface area (Å²) in [7, 11) is 1.21. The molecule has 1 aromatic carbocycles. The lowest BCUT2D eigenvalue weighted by atomic mass is 9.99. The minimum absolute atomic E-state index is 0.0626. The average Bonchev–Trinajstić information content (AvgIpc) is 3.45. The van der Waals surface area contributed by atoms with Crippen molar-refractivity contribution in [2.45, 2.75) is 25.2 Å². The second-order valence-corrected chi connectivity index (χ2v) is 6.24. The van der Waals surface area contributed by atoms with Crippen molar-refractivity contribution in [2.75, 3.05) is 20.4 Å². The van der Waals surface area contributed by atoms with E-state index in [1.54, 1.807) is 0 Å². The molecular weight excluding hydrogens is 344 g/mol. The molecule has 7 heteroatoms. The van der Waals surface area contributed by atoms with Gasteiger partial charge >= 0.3 is 11.9 Å². The molecule has 1 N–H and O–H groups in total. The van der Waals surface area contributed by atoms with E-state index in [1.807, 2.05) is 12.1 Å². The van der Waals surface area contributed by atoms with Crippen LogP contribution in [0.2, 0.25) is 0 Å². The van der Waals surface area contributed by atoms with Crippen LogP contribution in [0.4, 0.5) is 8.78 Å². The highest BCUT2D eigenvalue weighted by atomic mass is 19.1. The molecule has 0 saturated heterocycles. The summed E-state index contributed by atoms with van der Waals surface area (Å²) in [6.45, 7) is -0.707. The predicted molar refractivity (Wildman–Crippen MR) is 89.1 cm³/mol. The molecule has 4 rings (SSSR count). The summed E-state index contributed by atoms with van der Waals surface area (Å²) in [6, 6.07) is 6.83. The lowest BCUT2D eigenvalue weighted by molar-refractivity contribution is -0.136. The fraction of sp³-hybridized carbons (Fsp3) is 0.368. The van der Waals surface area contributed by atoms with Gasteiger partial charge in [0.05, 0.1) is 29.7 Å². The fourth-order valence-corrected chi connectivity index (χ4v) is 2.85. The van der Waals surface area contributed by atoms with Gasteiger partial charge in [0.25, 0.3) is 0 Å². The number of halogens is 2. The van der Waals surface area contributed by atoms with Crippen LogP contribution in [0.3, 0.4) is 0 Å². The molecular formula is C19H19F2NO4. The third kappa shape index (κ3) is 3.92. The number of esters is 2. The van der Waals surface area contributed by atoms with E-state index in [0.717, 1.165) is 5.92 Å². The molecule has 26 heavy (non-hydrogen) atoms. The first kappa shape index (κ1) is 18.1. The summed E-state index contributed by atoms with van der Waals surface area (Å²) in [5.41, 5.74) is 2.48. The van der Waals surface area contributed by atoms with E-state index in [1.165, 1.54) is 37.6 Å². The minimum Gasteiger partial charge on any atom is -0.466 e. The number of cyclic esters (lactones) is 1. The molecule has 2 heterocycles. The highest BCUT2D eigenvalue weighted by Crippen LogP contribution is 2.39. The van der Waals surface area contributed by atoms with Gasteiger partial charge in [-0.05, 0) is 36.5 Å². The number of benzene rings is 1. The summed E-state index contributed by atoms with van der Waals surface area (Å²) in [4.78, 5) is 22.6. The van der Waals surface area contributed by atoms with Crippen molar-refractivity contribution in [3.8, 4) is 0 Å². The second kappa shape index (κ2) is 7.68. The van der Waals surface area contributed by atoms with Gasteiger partial charge < -0.3 is 14.8 Å². The quantitative estimate of drug-likeness (QED) is 0.837. The molecule has 3 aliphatic rings. The number of carbonyl (C=O) groups is 2. The van der Waals surface area contributed by atoms with Crippen molar-refractivity contribution in [3.63, 3.8) is 0 Å². The average molecular weight is 363 g/mol. The van der Waals surface area contributed by atoms with Crippen LogP contribution in [-0.2, 0) is 19.1 Å². The van der Waals surface area contributed by atoms with Gasteiger partial charge in [-0.2, -0.15) is 0 Å². The van der Waals surface area contributed by atoms with E-state index < -0.39 is 18.6 Å². The Morgan fingerprint density at radius 3 is 2.58 bits per heavy atom. The molecule has 0 aromatic heterocycles. The lowest BCUT2D eigenvalue weighted by Gasteiger charge is -2.18. The van der Waals surface area contributed by atoms with Crippen molar-refractivity contribution >= 4 is 11.9 Å². The summed E-state index contributed by atoms with van der Waals surface area (Å²) in [5.74, 6) is -0.502. The number of carbonyl (C=O) groups excluding carboxylic acids is 2. The first-order valence-corrected chi connectivity index (χ1v) is 8.31. The van der Waals surface area contributed by atoms with Crippen LogP contribution in [-0.4, -0.2) is 32.3 Å². The van der Waals surface area contributed by atoms with Gasteiger partial charge in [-0.1, -0.05) is 12.1 Å². The number of hydrogen-bond donors (Lipinski definition) is 1. The molecule has 5 nitrogen and oxygen atoms in total. The van der Waals surface area contributed by atoms with Crippen LogP contribution in [0, 0.1) is 5.82 Å². The van der Waals surface area contributed by atoms with Crippen LogP contribution in [0.5, 0.6) is 0 Å². The molecule has 0 spiro atoms. The molecule has 0 unspecified atom stereocenters. The molecule has 2 aliphatic heterocycles. The monoisotopic (exact) mass is 363 g/mol. The highest BCUT2D eigenvalue weighted by molar-refractivity contribution is 5.98.